The standard InChI is InChI=1S/C12H19N3O2S/c1-3-9-13-14-11(18-9)15-7-5-6-12(4-2,8-15)10(16)17/h3-8H2,1-2H3,(H,16,17)/t12-/m0/s1. The van der Waals surface area contributed by atoms with Gasteiger partial charge >= 0.3 is 5.97 Å². The average Bonchev–Trinajstić information content (AvgIpc) is 2.87. The number of carboxylic acids is 1. The zero-order valence-electron chi connectivity index (χ0n) is 10.8. The highest BCUT2D eigenvalue weighted by molar-refractivity contribution is 7.15. The molecule has 0 bridgehead atoms. The van der Waals surface area contributed by atoms with E-state index in [9.17, 15) is 9.90 Å². The van der Waals surface area contributed by atoms with E-state index in [1.807, 2.05) is 13.8 Å². The van der Waals surface area contributed by atoms with Crippen LogP contribution in [0.3, 0.4) is 0 Å². The van der Waals surface area contributed by atoms with Gasteiger partial charge in [0.25, 0.3) is 0 Å². The van der Waals surface area contributed by atoms with Crippen LogP contribution in [-0.2, 0) is 11.2 Å². The van der Waals surface area contributed by atoms with Gasteiger partial charge in [0, 0.05) is 13.1 Å². The lowest BCUT2D eigenvalue weighted by Gasteiger charge is -2.39. The van der Waals surface area contributed by atoms with Crippen molar-refractivity contribution in [3.05, 3.63) is 5.01 Å². The number of aromatic nitrogens is 2. The van der Waals surface area contributed by atoms with Crippen molar-refractivity contribution < 1.29 is 9.90 Å². The van der Waals surface area contributed by atoms with E-state index in [1.165, 1.54) is 0 Å². The van der Waals surface area contributed by atoms with Crippen molar-refractivity contribution in [3.63, 3.8) is 0 Å². The van der Waals surface area contributed by atoms with Crippen molar-refractivity contribution in [1.82, 2.24) is 10.2 Å². The molecule has 100 valence electrons. The zero-order valence-corrected chi connectivity index (χ0v) is 11.7. The first kappa shape index (κ1) is 13.3. The average molecular weight is 269 g/mol. The number of aryl methyl sites for hydroxylation is 1. The number of nitrogens with zero attached hydrogens (tertiary/aromatic N) is 3. The number of hydrogen-bond acceptors (Lipinski definition) is 5. The summed E-state index contributed by atoms with van der Waals surface area (Å²) in [7, 11) is 0. The molecule has 0 unspecified atom stereocenters. The quantitative estimate of drug-likeness (QED) is 0.907. The second-order valence-corrected chi connectivity index (χ2v) is 5.84. The topological polar surface area (TPSA) is 66.3 Å². The fourth-order valence-corrected chi connectivity index (χ4v) is 3.23. The molecule has 1 fully saturated rings. The van der Waals surface area contributed by atoms with E-state index in [0.29, 0.717) is 13.0 Å². The minimum absolute atomic E-state index is 0.553. The van der Waals surface area contributed by atoms with Gasteiger partial charge in [0.1, 0.15) is 5.01 Å². The second-order valence-electron chi connectivity index (χ2n) is 4.80. The third-order valence-corrected chi connectivity index (χ3v) is 4.86. The molecule has 2 rings (SSSR count). The second kappa shape index (κ2) is 5.22. The maximum atomic E-state index is 11.5. The Labute approximate surface area is 111 Å². The smallest absolute Gasteiger partial charge is 0.311 e. The van der Waals surface area contributed by atoms with Crippen LogP contribution < -0.4 is 4.90 Å². The summed E-state index contributed by atoms with van der Waals surface area (Å²) in [6.45, 7) is 5.44. The van der Waals surface area contributed by atoms with Gasteiger partial charge < -0.3 is 10.0 Å². The molecular weight excluding hydrogens is 250 g/mol. The van der Waals surface area contributed by atoms with Gasteiger partial charge in [0.2, 0.25) is 5.13 Å². The van der Waals surface area contributed by atoms with Crippen LogP contribution in [0.4, 0.5) is 5.13 Å². The largest absolute Gasteiger partial charge is 0.481 e. The minimum Gasteiger partial charge on any atom is -0.481 e. The lowest BCUT2D eigenvalue weighted by molar-refractivity contribution is -0.149. The summed E-state index contributed by atoms with van der Waals surface area (Å²) < 4.78 is 0. The lowest BCUT2D eigenvalue weighted by Crippen LogP contribution is -2.47. The molecule has 18 heavy (non-hydrogen) atoms. The van der Waals surface area contributed by atoms with Crippen molar-refractivity contribution >= 4 is 22.4 Å². The molecule has 0 amide bonds. The fourth-order valence-electron chi connectivity index (χ4n) is 2.42. The molecule has 5 nitrogen and oxygen atoms in total. The first-order valence-corrected chi connectivity index (χ1v) is 7.23. The van der Waals surface area contributed by atoms with Gasteiger partial charge in [-0.1, -0.05) is 25.2 Å². The Bertz CT molecular complexity index is 435. The number of rotatable bonds is 4. The van der Waals surface area contributed by atoms with Crippen molar-refractivity contribution in [1.29, 1.82) is 0 Å². The maximum absolute atomic E-state index is 11.5. The van der Waals surface area contributed by atoms with E-state index in [4.69, 9.17) is 0 Å². The normalized spacial score (nSPS) is 24.2. The molecule has 0 radical (unpaired) electrons. The van der Waals surface area contributed by atoms with E-state index in [0.717, 1.165) is 35.9 Å². The Morgan fingerprint density at radius 2 is 2.28 bits per heavy atom. The lowest BCUT2D eigenvalue weighted by atomic mass is 9.78. The Morgan fingerprint density at radius 1 is 1.50 bits per heavy atom. The summed E-state index contributed by atoms with van der Waals surface area (Å²) in [4.78, 5) is 13.6. The molecule has 0 aliphatic carbocycles. The number of carbonyl (C=O) groups is 1. The molecule has 0 spiro atoms. The van der Waals surface area contributed by atoms with Crippen LogP contribution in [0.25, 0.3) is 0 Å². The van der Waals surface area contributed by atoms with Crippen molar-refractivity contribution in [2.75, 3.05) is 18.0 Å². The Balaban J connectivity index is 2.17. The van der Waals surface area contributed by atoms with E-state index >= 15 is 0 Å². The number of hydrogen-bond donors (Lipinski definition) is 1. The van der Waals surface area contributed by atoms with Gasteiger partial charge in [-0.15, -0.1) is 10.2 Å². The first-order chi connectivity index (χ1) is 8.61. The first-order valence-electron chi connectivity index (χ1n) is 6.42. The summed E-state index contributed by atoms with van der Waals surface area (Å²) >= 11 is 1.57. The third kappa shape index (κ3) is 2.34. The van der Waals surface area contributed by atoms with Crippen LogP contribution in [0.15, 0.2) is 0 Å². The van der Waals surface area contributed by atoms with Crippen molar-refractivity contribution in [3.8, 4) is 0 Å². The predicted molar refractivity (Wildman–Crippen MR) is 71.1 cm³/mol. The molecule has 1 aliphatic heterocycles. The van der Waals surface area contributed by atoms with Crippen molar-refractivity contribution in [2.24, 2.45) is 5.41 Å². The van der Waals surface area contributed by atoms with E-state index < -0.39 is 11.4 Å². The minimum atomic E-state index is -0.685. The monoisotopic (exact) mass is 269 g/mol. The van der Waals surface area contributed by atoms with Gasteiger partial charge in [0.05, 0.1) is 5.41 Å². The number of anilines is 1. The highest BCUT2D eigenvalue weighted by atomic mass is 32.1. The Kier molecular flexibility index (Phi) is 3.85. The molecule has 1 aromatic heterocycles. The maximum Gasteiger partial charge on any atom is 0.311 e. The van der Waals surface area contributed by atoms with Gasteiger partial charge in [-0.05, 0) is 25.7 Å². The molecule has 1 saturated heterocycles. The predicted octanol–water partition coefficient (Wildman–Crippen LogP) is 2.18. The highest BCUT2D eigenvalue weighted by Gasteiger charge is 2.41. The summed E-state index contributed by atoms with van der Waals surface area (Å²) in [5, 5.41) is 19.6. The van der Waals surface area contributed by atoms with E-state index in [2.05, 4.69) is 15.1 Å². The SMILES string of the molecule is CCc1nnc(N2CCC[C@](CC)(C(=O)O)C2)s1. The molecule has 1 atom stereocenters. The molecule has 1 N–H and O–H groups in total. The number of aliphatic carboxylic acids is 1. The molecule has 1 aromatic rings. The van der Waals surface area contributed by atoms with Crippen LogP contribution in [-0.4, -0.2) is 34.4 Å². The van der Waals surface area contributed by atoms with Gasteiger partial charge in [-0.2, -0.15) is 0 Å². The fraction of sp³-hybridized carbons (Fsp3) is 0.750. The van der Waals surface area contributed by atoms with Gasteiger partial charge in [-0.3, -0.25) is 4.79 Å². The number of piperidine rings is 1. The molecule has 0 saturated carbocycles. The molecule has 2 heterocycles. The Hall–Kier alpha value is -1.17. The molecule has 6 heteroatoms. The molecule has 0 aromatic carbocycles. The third-order valence-electron chi connectivity index (χ3n) is 3.74. The van der Waals surface area contributed by atoms with Crippen LogP contribution in [0.5, 0.6) is 0 Å². The summed E-state index contributed by atoms with van der Waals surface area (Å²) in [6.07, 6.45) is 3.21. The summed E-state index contributed by atoms with van der Waals surface area (Å²) in [5.74, 6) is -0.685. The molecule has 1 aliphatic rings. The van der Waals surface area contributed by atoms with Gasteiger partial charge in [-0.25, -0.2) is 0 Å². The van der Waals surface area contributed by atoms with E-state index in [-0.39, 0.29) is 0 Å². The van der Waals surface area contributed by atoms with Gasteiger partial charge in [0.15, 0.2) is 0 Å². The van der Waals surface area contributed by atoms with Crippen molar-refractivity contribution in [2.45, 2.75) is 39.5 Å². The van der Waals surface area contributed by atoms with E-state index in [1.54, 1.807) is 11.3 Å². The van der Waals surface area contributed by atoms with Crippen LogP contribution in [0.2, 0.25) is 0 Å². The highest BCUT2D eigenvalue weighted by Crippen LogP contribution is 2.36. The zero-order chi connectivity index (χ0) is 13.2. The summed E-state index contributed by atoms with van der Waals surface area (Å²) in [6, 6.07) is 0. The Morgan fingerprint density at radius 3 is 2.83 bits per heavy atom. The summed E-state index contributed by atoms with van der Waals surface area (Å²) in [5.41, 5.74) is -0.615. The van der Waals surface area contributed by atoms with Crippen LogP contribution in [0, 0.1) is 5.41 Å². The molecular formula is C12H19N3O2S. The number of carboxylic acid groups (broad SMARTS) is 1. The van der Waals surface area contributed by atoms with Crippen LogP contribution in [0.1, 0.15) is 38.1 Å². The van der Waals surface area contributed by atoms with Crippen LogP contribution >= 0.6 is 11.3 Å².